The highest BCUT2D eigenvalue weighted by atomic mass is 19.4. The fraction of sp³-hybridized carbons (Fsp3) is 0.276. The van der Waals surface area contributed by atoms with Crippen LogP contribution in [0.5, 0.6) is 0 Å². The number of hydrogen-bond acceptors (Lipinski definition) is 3. The number of carbonyl (C=O) groups excluding carboxylic acids is 1. The summed E-state index contributed by atoms with van der Waals surface area (Å²) < 4.78 is 74.4. The maximum atomic E-state index is 16.0. The summed E-state index contributed by atoms with van der Waals surface area (Å²) >= 11 is 0. The summed E-state index contributed by atoms with van der Waals surface area (Å²) in [5.41, 5.74) is -1.14. The number of amides is 1. The average Bonchev–Trinajstić information content (AvgIpc) is 3.71. The van der Waals surface area contributed by atoms with Crippen molar-refractivity contribution < 1.29 is 26.7 Å². The van der Waals surface area contributed by atoms with Crippen LogP contribution in [0.3, 0.4) is 0 Å². The molecule has 2 N–H and O–H groups in total. The van der Waals surface area contributed by atoms with Crippen molar-refractivity contribution in [1.29, 1.82) is 5.41 Å². The van der Waals surface area contributed by atoms with Gasteiger partial charge in [0.2, 0.25) is 5.62 Å². The molecule has 1 aliphatic rings. The Bertz CT molecular complexity index is 1650. The van der Waals surface area contributed by atoms with Crippen LogP contribution in [-0.2, 0) is 19.8 Å². The molecule has 1 unspecified atom stereocenters. The molecule has 0 spiro atoms. The van der Waals surface area contributed by atoms with E-state index in [1.807, 2.05) is 0 Å². The second-order valence-corrected chi connectivity index (χ2v) is 10.1. The Hall–Kier alpha value is -4.28. The monoisotopic (exact) mass is 555 g/mol. The van der Waals surface area contributed by atoms with Gasteiger partial charge in [0.15, 0.2) is 5.69 Å². The number of benzene rings is 2. The summed E-state index contributed by atoms with van der Waals surface area (Å²) in [4.78, 5) is 17.0. The summed E-state index contributed by atoms with van der Waals surface area (Å²) in [5, 5.41) is 11.0. The molecule has 0 bridgehead atoms. The van der Waals surface area contributed by atoms with Gasteiger partial charge in [0, 0.05) is 36.8 Å². The maximum Gasteiger partial charge on any atom is 0.433 e. The van der Waals surface area contributed by atoms with Crippen molar-refractivity contribution in [2.45, 2.75) is 38.5 Å². The number of nitrogens with one attached hydrogen (secondary N) is 2. The van der Waals surface area contributed by atoms with E-state index in [0.29, 0.717) is 16.7 Å². The number of rotatable bonds is 7. The number of alkyl halides is 3. The van der Waals surface area contributed by atoms with Crippen LogP contribution in [0.25, 0.3) is 11.1 Å². The summed E-state index contributed by atoms with van der Waals surface area (Å²) in [6.45, 7) is 1.62. The molecule has 5 rings (SSSR count). The van der Waals surface area contributed by atoms with Gasteiger partial charge in [-0.2, -0.15) is 13.2 Å². The van der Waals surface area contributed by atoms with Gasteiger partial charge in [0.25, 0.3) is 5.91 Å². The minimum atomic E-state index is -4.86. The molecule has 40 heavy (non-hydrogen) atoms. The van der Waals surface area contributed by atoms with Crippen LogP contribution in [0.4, 0.5) is 22.0 Å². The smallest absolute Gasteiger partial charge is 0.345 e. The van der Waals surface area contributed by atoms with E-state index in [0.717, 1.165) is 25.1 Å². The maximum absolute atomic E-state index is 16.0. The van der Waals surface area contributed by atoms with Crippen molar-refractivity contribution >= 4 is 5.91 Å². The van der Waals surface area contributed by atoms with Crippen molar-refractivity contribution in [3.63, 3.8) is 0 Å². The van der Waals surface area contributed by atoms with E-state index in [9.17, 15) is 22.4 Å². The molecule has 2 aromatic carbocycles. The molecule has 2 heterocycles. The average molecular weight is 556 g/mol. The van der Waals surface area contributed by atoms with Gasteiger partial charge < -0.3 is 14.5 Å². The predicted octanol–water partition coefficient (Wildman–Crippen LogP) is 5.90. The van der Waals surface area contributed by atoms with Crippen LogP contribution in [0.1, 0.15) is 51.6 Å². The van der Waals surface area contributed by atoms with Gasteiger partial charge in [0.05, 0.1) is 18.2 Å². The zero-order chi connectivity index (χ0) is 28.8. The number of pyridine rings is 1. The topological polar surface area (TPSA) is 75.7 Å². The molecule has 6 nitrogen and oxygen atoms in total. The van der Waals surface area contributed by atoms with Crippen molar-refractivity contribution in [2.75, 3.05) is 0 Å². The van der Waals surface area contributed by atoms with E-state index < -0.39 is 52.1 Å². The van der Waals surface area contributed by atoms with Gasteiger partial charge in [-0.1, -0.05) is 18.2 Å². The lowest BCUT2D eigenvalue weighted by molar-refractivity contribution is -0.140. The zero-order valence-corrected chi connectivity index (χ0v) is 21.7. The second-order valence-electron chi connectivity index (χ2n) is 10.1. The Labute approximate surface area is 226 Å². The van der Waals surface area contributed by atoms with Crippen molar-refractivity contribution in [3.8, 4) is 11.1 Å². The van der Waals surface area contributed by atoms with Gasteiger partial charge in [-0.25, -0.2) is 8.78 Å². The van der Waals surface area contributed by atoms with Crippen LogP contribution in [0, 0.1) is 29.9 Å². The molecular formula is C29H26F5N5O. The van der Waals surface area contributed by atoms with E-state index in [2.05, 4.69) is 10.3 Å². The highest BCUT2D eigenvalue weighted by Gasteiger charge is 2.37. The SMILES string of the molecule is Cc1cc(C(NC(=O)c2cc(Cn3ccn(C)c3=N)cc(-c3cccnc3C(F)(F)F)c2F)C2CC2)ccc1F. The lowest BCUT2D eigenvalue weighted by atomic mass is 9.95. The van der Waals surface area contributed by atoms with E-state index in [1.165, 1.54) is 33.4 Å². The minimum Gasteiger partial charge on any atom is -0.345 e. The molecule has 2 aromatic heterocycles. The number of imidazole rings is 1. The third-order valence-corrected chi connectivity index (χ3v) is 7.09. The van der Waals surface area contributed by atoms with E-state index >= 15 is 4.39 Å². The van der Waals surface area contributed by atoms with Crippen molar-refractivity contribution in [3.05, 3.63) is 106 Å². The molecular weight excluding hydrogens is 529 g/mol. The van der Waals surface area contributed by atoms with E-state index in [4.69, 9.17) is 5.41 Å². The number of aromatic nitrogens is 3. The summed E-state index contributed by atoms with van der Waals surface area (Å²) in [6.07, 6.45) is 0.984. The number of halogens is 5. The van der Waals surface area contributed by atoms with Crippen LogP contribution in [0.15, 0.2) is 61.1 Å². The Morgan fingerprint density at radius 2 is 1.88 bits per heavy atom. The van der Waals surface area contributed by atoms with Gasteiger partial charge in [0.1, 0.15) is 11.6 Å². The fourth-order valence-corrected chi connectivity index (χ4v) is 4.82. The number of aryl methyl sites for hydroxylation is 2. The molecule has 1 fully saturated rings. The lowest BCUT2D eigenvalue weighted by Crippen LogP contribution is -2.31. The van der Waals surface area contributed by atoms with Crippen molar-refractivity contribution in [1.82, 2.24) is 19.4 Å². The largest absolute Gasteiger partial charge is 0.433 e. The third-order valence-electron chi connectivity index (χ3n) is 7.09. The Morgan fingerprint density at radius 3 is 2.50 bits per heavy atom. The first kappa shape index (κ1) is 27.3. The second kappa shape index (κ2) is 10.4. The first-order valence-corrected chi connectivity index (χ1v) is 12.6. The van der Waals surface area contributed by atoms with Crippen LogP contribution >= 0.6 is 0 Å². The molecule has 4 aromatic rings. The van der Waals surface area contributed by atoms with Crippen LogP contribution in [-0.4, -0.2) is 20.0 Å². The van der Waals surface area contributed by atoms with Crippen molar-refractivity contribution in [2.24, 2.45) is 13.0 Å². The van der Waals surface area contributed by atoms with Crippen LogP contribution in [0.2, 0.25) is 0 Å². The molecule has 208 valence electrons. The lowest BCUT2D eigenvalue weighted by Gasteiger charge is -2.21. The first-order valence-electron chi connectivity index (χ1n) is 12.6. The van der Waals surface area contributed by atoms with Gasteiger partial charge in [-0.3, -0.25) is 15.2 Å². The van der Waals surface area contributed by atoms with Crippen LogP contribution < -0.4 is 10.9 Å². The zero-order valence-electron chi connectivity index (χ0n) is 21.7. The predicted molar refractivity (Wildman–Crippen MR) is 137 cm³/mol. The molecule has 1 saturated carbocycles. The molecule has 1 amide bonds. The number of hydrogen-bond donors (Lipinski definition) is 2. The summed E-state index contributed by atoms with van der Waals surface area (Å²) in [7, 11) is 1.66. The Kier molecular flexibility index (Phi) is 7.07. The Morgan fingerprint density at radius 1 is 1.12 bits per heavy atom. The highest BCUT2D eigenvalue weighted by Crippen LogP contribution is 2.42. The van der Waals surface area contributed by atoms with Gasteiger partial charge in [-0.05, 0) is 66.6 Å². The minimum absolute atomic E-state index is 0.0120. The molecule has 1 atom stereocenters. The van der Waals surface area contributed by atoms with Gasteiger partial charge in [-0.15, -0.1) is 0 Å². The van der Waals surface area contributed by atoms with E-state index in [-0.39, 0.29) is 18.1 Å². The number of nitrogens with zero attached hydrogens (tertiary/aromatic N) is 3. The van der Waals surface area contributed by atoms with E-state index in [1.54, 1.807) is 38.5 Å². The van der Waals surface area contributed by atoms with Gasteiger partial charge >= 0.3 is 6.18 Å². The Balaban J connectivity index is 1.60. The standard InChI is InChI=1S/C29H26F5N5O/c1-16-12-19(7-8-23(16)30)25(18-5-6-18)37-27(40)22-14-17(15-39-11-10-38(2)28(39)35)13-21(24(22)31)20-4-3-9-36-26(20)29(32,33)34/h3-4,7-14,18,25,35H,5-6,15H2,1-2H3,(H,37,40). The quantitative estimate of drug-likeness (QED) is 0.279. The first-order chi connectivity index (χ1) is 18.9. The molecule has 11 heteroatoms. The number of carbonyl (C=O) groups is 1. The molecule has 0 radical (unpaired) electrons. The fourth-order valence-electron chi connectivity index (χ4n) is 4.82. The summed E-state index contributed by atoms with van der Waals surface area (Å²) in [6, 6.07) is 8.90. The molecule has 1 aliphatic carbocycles. The summed E-state index contributed by atoms with van der Waals surface area (Å²) in [5.74, 6) is -2.24. The molecule has 0 aliphatic heterocycles. The highest BCUT2D eigenvalue weighted by molar-refractivity contribution is 5.96. The molecule has 0 saturated heterocycles. The third kappa shape index (κ3) is 5.41. The normalized spacial score (nSPS) is 14.3.